The highest BCUT2D eigenvalue weighted by Gasteiger charge is 2.35. The summed E-state index contributed by atoms with van der Waals surface area (Å²) < 4.78 is 0. The van der Waals surface area contributed by atoms with Crippen molar-refractivity contribution in [1.82, 2.24) is 25.1 Å². The van der Waals surface area contributed by atoms with E-state index in [0.29, 0.717) is 23.0 Å². The molecule has 1 heterocycles. The Bertz CT molecular complexity index is 882. The second-order valence-corrected chi connectivity index (χ2v) is 7.02. The summed E-state index contributed by atoms with van der Waals surface area (Å²) in [7, 11) is 0. The number of aromatic nitrogens is 4. The van der Waals surface area contributed by atoms with Crippen LogP contribution >= 0.6 is 0 Å². The second-order valence-electron chi connectivity index (χ2n) is 7.02. The minimum Gasteiger partial charge on any atom is -0.366 e. The number of carbonyl (C=O) groups excluding carboxylic acids is 2. The van der Waals surface area contributed by atoms with Gasteiger partial charge in [0.15, 0.2) is 0 Å². The predicted molar refractivity (Wildman–Crippen MR) is 98.2 cm³/mol. The summed E-state index contributed by atoms with van der Waals surface area (Å²) in [6.07, 6.45) is 8.65. The fraction of sp³-hybridized carbons (Fsp3) is 0.421. The lowest BCUT2D eigenvalue weighted by atomic mass is 10.0. The molecule has 2 N–H and O–H groups in total. The molecule has 0 unspecified atom stereocenters. The third-order valence-corrected chi connectivity index (χ3v) is 4.91. The van der Waals surface area contributed by atoms with Gasteiger partial charge in [-0.15, -0.1) is 10.2 Å². The number of hydrogen-bond acceptors (Lipinski definition) is 5. The third-order valence-electron chi connectivity index (χ3n) is 4.91. The molecule has 0 saturated heterocycles. The molecular weight excluding hydrogens is 344 g/mol. The maximum Gasteiger partial charge on any atom is 0.250 e. The first-order valence-electron chi connectivity index (χ1n) is 9.31. The highest BCUT2D eigenvalue weighted by Crippen LogP contribution is 2.33. The van der Waals surface area contributed by atoms with Crippen LogP contribution in [0.3, 0.4) is 0 Å². The van der Waals surface area contributed by atoms with Gasteiger partial charge in [-0.2, -0.15) is 4.80 Å². The fourth-order valence-corrected chi connectivity index (χ4v) is 3.38. The van der Waals surface area contributed by atoms with Crippen molar-refractivity contribution in [3.8, 4) is 11.4 Å². The molecule has 2 amide bonds. The number of tetrazole rings is 1. The van der Waals surface area contributed by atoms with Crippen LogP contribution in [0.5, 0.6) is 0 Å². The Morgan fingerprint density at radius 1 is 1.19 bits per heavy atom. The van der Waals surface area contributed by atoms with Crippen molar-refractivity contribution in [1.29, 1.82) is 0 Å². The molecule has 0 bridgehead atoms. The normalized spacial score (nSPS) is 16.7. The van der Waals surface area contributed by atoms with Crippen LogP contribution < -0.4 is 5.73 Å². The van der Waals surface area contributed by atoms with Crippen molar-refractivity contribution in [3.63, 3.8) is 0 Å². The largest absolute Gasteiger partial charge is 0.366 e. The molecule has 1 fully saturated rings. The molecule has 2 aliphatic rings. The standard InChI is InChI=1S/C19H22N6O2/c20-18(27)13-6-8-14(9-7-13)19-21-23-24(22-19)12-17(26)25(16-10-11-16)15-4-2-1-3-5-15/h4,6-9,16H,1-3,5,10-12H2,(H2,20,27). The van der Waals surface area contributed by atoms with E-state index in [-0.39, 0.29) is 12.5 Å². The van der Waals surface area contributed by atoms with Crippen molar-refractivity contribution in [2.75, 3.05) is 0 Å². The zero-order chi connectivity index (χ0) is 18.8. The molecule has 0 spiro atoms. The maximum absolute atomic E-state index is 12.9. The molecule has 0 aliphatic heterocycles. The maximum atomic E-state index is 12.9. The lowest BCUT2D eigenvalue weighted by Crippen LogP contribution is -2.36. The summed E-state index contributed by atoms with van der Waals surface area (Å²) in [6, 6.07) is 6.99. The van der Waals surface area contributed by atoms with Crippen molar-refractivity contribution in [2.45, 2.75) is 51.1 Å². The van der Waals surface area contributed by atoms with Crippen LogP contribution in [-0.2, 0) is 11.3 Å². The molecule has 2 aromatic rings. The Morgan fingerprint density at radius 3 is 2.59 bits per heavy atom. The van der Waals surface area contributed by atoms with E-state index in [1.54, 1.807) is 24.3 Å². The van der Waals surface area contributed by atoms with Crippen molar-refractivity contribution < 1.29 is 9.59 Å². The van der Waals surface area contributed by atoms with E-state index in [2.05, 4.69) is 21.5 Å². The molecule has 1 aromatic carbocycles. The summed E-state index contributed by atoms with van der Waals surface area (Å²) in [4.78, 5) is 27.3. The molecule has 0 radical (unpaired) electrons. The molecule has 27 heavy (non-hydrogen) atoms. The zero-order valence-electron chi connectivity index (χ0n) is 15.0. The smallest absolute Gasteiger partial charge is 0.250 e. The van der Waals surface area contributed by atoms with Crippen molar-refractivity contribution >= 4 is 11.8 Å². The van der Waals surface area contributed by atoms with Crippen LogP contribution in [0.2, 0.25) is 0 Å². The first-order valence-corrected chi connectivity index (χ1v) is 9.31. The molecule has 2 aliphatic carbocycles. The number of rotatable bonds is 6. The molecule has 1 saturated carbocycles. The van der Waals surface area contributed by atoms with Crippen LogP contribution in [0.25, 0.3) is 11.4 Å². The summed E-state index contributed by atoms with van der Waals surface area (Å²) in [5.41, 5.74) is 7.53. The number of nitrogens with two attached hydrogens (primary N) is 1. The topological polar surface area (TPSA) is 107 Å². The van der Waals surface area contributed by atoms with Gasteiger partial charge in [-0.1, -0.05) is 18.2 Å². The molecular formula is C19H22N6O2. The van der Waals surface area contributed by atoms with Crippen LogP contribution in [0, 0.1) is 0 Å². The number of amides is 2. The number of hydrogen-bond donors (Lipinski definition) is 1. The average molecular weight is 366 g/mol. The van der Waals surface area contributed by atoms with Crippen LogP contribution in [0.15, 0.2) is 36.0 Å². The Hall–Kier alpha value is -3.03. The fourth-order valence-electron chi connectivity index (χ4n) is 3.38. The van der Waals surface area contributed by atoms with Crippen LogP contribution in [-0.4, -0.2) is 43.0 Å². The van der Waals surface area contributed by atoms with E-state index < -0.39 is 5.91 Å². The Kier molecular flexibility index (Phi) is 4.70. The van der Waals surface area contributed by atoms with E-state index in [1.165, 1.54) is 11.2 Å². The van der Waals surface area contributed by atoms with Gasteiger partial charge in [0, 0.05) is 22.9 Å². The van der Waals surface area contributed by atoms with Crippen LogP contribution in [0.1, 0.15) is 48.9 Å². The molecule has 0 atom stereocenters. The molecule has 140 valence electrons. The molecule has 1 aromatic heterocycles. The zero-order valence-corrected chi connectivity index (χ0v) is 15.0. The number of carbonyl (C=O) groups is 2. The van der Waals surface area contributed by atoms with Gasteiger partial charge in [-0.05, 0) is 55.9 Å². The summed E-state index contributed by atoms with van der Waals surface area (Å²) in [5.74, 6) is -0.0618. The second kappa shape index (κ2) is 7.30. The van der Waals surface area contributed by atoms with Crippen LogP contribution in [0.4, 0.5) is 0 Å². The average Bonchev–Trinajstić information content (AvgIpc) is 3.40. The first kappa shape index (κ1) is 17.4. The molecule has 8 nitrogen and oxygen atoms in total. The Morgan fingerprint density at radius 2 is 1.96 bits per heavy atom. The van der Waals surface area contributed by atoms with Gasteiger partial charge in [-0.25, -0.2) is 0 Å². The quantitative estimate of drug-likeness (QED) is 0.840. The minimum absolute atomic E-state index is 0.0127. The van der Waals surface area contributed by atoms with Gasteiger partial charge in [0.1, 0.15) is 6.54 Å². The number of nitrogens with zero attached hydrogens (tertiary/aromatic N) is 5. The van der Waals surface area contributed by atoms with E-state index in [9.17, 15) is 9.59 Å². The number of allylic oxidation sites excluding steroid dienone is 2. The van der Waals surface area contributed by atoms with E-state index in [0.717, 1.165) is 37.8 Å². The van der Waals surface area contributed by atoms with E-state index in [1.807, 2.05) is 4.90 Å². The highest BCUT2D eigenvalue weighted by atomic mass is 16.2. The Balaban J connectivity index is 1.47. The van der Waals surface area contributed by atoms with E-state index in [4.69, 9.17) is 5.73 Å². The summed E-state index contributed by atoms with van der Waals surface area (Å²) >= 11 is 0. The lowest BCUT2D eigenvalue weighted by molar-refractivity contribution is -0.131. The van der Waals surface area contributed by atoms with Gasteiger partial charge >= 0.3 is 0 Å². The predicted octanol–water partition coefficient (Wildman–Crippen LogP) is 1.89. The first-order chi connectivity index (χ1) is 13.1. The van der Waals surface area contributed by atoms with Gasteiger partial charge in [0.25, 0.3) is 5.91 Å². The van der Waals surface area contributed by atoms with Crippen molar-refractivity contribution in [3.05, 3.63) is 41.6 Å². The van der Waals surface area contributed by atoms with Gasteiger partial charge in [-0.3, -0.25) is 9.59 Å². The third kappa shape index (κ3) is 3.89. The highest BCUT2D eigenvalue weighted by molar-refractivity contribution is 5.93. The monoisotopic (exact) mass is 366 g/mol. The van der Waals surface area contributed by atoms with Crippen molar-refractivity contribution in [2.24, 2.45) is 5.73 Å². The van der Waals surface area contributed by atoms with E-state index >= 15 is 0 Å². The number of primary amides is 1. The molecule has 4 rings (SSSR count). The SMILES string of the molecule is NC(=O)c1ccc(-c2nnn(CC(=O)N(C3=CCCCC3)C3CC3)n2)cc1. The lowest BCUT2D eigenvalue weighted by Gasteiger charge is -2.27. The Labute approximate surface area is 157 Å². The summed E-state index contributed by atoms with van der Waals surface area (Å²) in [6.45, 7) is 0.0697. The molecule has 8 heteroatoms. The van der Waals surface area contributed by atoms with Gasteiger partial charge in [0.05, 0.1) is 0 Å². The summed E-state index contributed by atoms with van der Waals surface area (Å²) in [5, 5.41) is 12.4. The minimum atomic E-state index is -0.485. The number of benzene rings is 1. The van der Waals surface area contributed by atoms with Gasteiger partial charge < -0.3 is 10.6 Å². The van der Waals surface area contributed by atoms with Gasteiger partial charge in [0.2, 0.25) is 11.7 Å².